The van der Waals surface area contributed by atoms with Gasteiger partial charge < -0.3 is 10.2 Å². The minimum Gasteiger partial charge on any atom is -0.352 e. The maximum Gasteiger partial charge on any atom is 0.244 e. The van der Waals surface area contributed by atoms with E-state index in [-0.39, 0.29) is 24.9 Å². The van der Waals surface area contributed by atoms with Gasteiger partial charge in [0.05, 0.1) is 11.9 Å². The Kier molecular flexibility index (Phi) is 11.6. The fourth-order valence-corrected chi connectivity index (χ4v) is 6.90. The molecule has 7 nitrogen and oxygen atoms in total. The molecule has 1 N–H and O–H groups in total. The van der Waals surface area contributed by atoms with E-state index in [9.17, 15) is 18.0 Å². The smallest absolute Gasteiger partial charge is 0.244 e. The lowest BCUT2D eigenvalue weighted by molar-refractivity contribution is -0.140. The van der Waals surface area contributed by atoms with Crippen LogP contribution in [0.5, 0.6) is 0 Å². The molecule has 1 fully saturated rings. The zero-order valence-electron chi connectivity index (χ0n) is 23.3. The monoisotopic (exact) mass is 741 g/mol. The molecule has 3 aromatic carbocycles. The molecule has 2 amide bonds. The lowest BCUT2D eigenvalue weighted by atomic mass is 9.94. The van der Waals surface area contributed by atoms with Crippen molar-refractivity contribution in [2.24, 2.45) is 0 Å². The van der Waals surface area contributed by atoms with Crippen LogP contribution in [0.25, 0.3) is 0 Å². The van der Waals surface area contributed by atoms with Gasteiger partial charge in [-0.15, -0.1) is 0 Å². The Balaban J connectivity index is 1.75. The average molecular weight is 743 g/mol. The lowest BCUT2D eigenvalue weighted by Crippen LogP contribution is -2.55. The zero-order valence-corrected chi connectivity index (χ0v) is 27.8. The Bertz CT molecular complexity index is 1460. The molecule has 0 aromatic heterocycles. The van der Waals surface area contributed by atoms with Crippen molar-refractivity contribution in [2.75, 3.05) is 17.1 Å². The van der Waals surface area contributed by atoms with Gasteiger partial charge in [0, 0.05) is 38.2 Å². The van der Waals surface area contributed by atoms with Gasteiger partial charge >= 0.3 is 0 Å². The summed E-state index contributed by atoms with van der Waals surface area (Å²) in [4.78, 5) is 29.7. The van der Waals surface area contributed by atoms with Gasteiger partial charge in [-0.25, -0.2) is 8.42 Å². The van der Waals surface area contributed by atoms with Crippen molar-refractivity contribution in [3.05, 3.63) is 97.5 Å². The first kappa shape index (κ1) is 32.6. The SMILES string of the molecule is CS(=O)(=O)N(CC(=O)N(Cc1c(Cl)cccc1Cl)[C@@H](Cc1ccccc1)C(=O)NC1CCCCC1)c1ccc(I)cc1. The quantitative estimate of drug-likeness (QED) is 0.229. The number of halogens is 3. The van der Waals surface area contributed by atoms with Gasteiger partial charge in [-0.1, -0.05) is 78.9 Å². The largest absolute Gasteiger partial charge is 0.352 e. The second kappa shape index (κ2) is 14.9. The highest BCUT2D eigenvalue weighted by Gasteiger charge is 2.34. The second-order valence-electron chi connectivity index (χ2n) is 10.5. The van der Waals surface area contributed by atoms with Gasteiger partial charge in [0.1, 0.15) is 12.6 Å². The van der Waals surface area contributed by atoms with Crippen LogP contribution in [0.1, 0.15) is 43.2 Å². The number of carbonyl (C=O) groups is 2. The number of benzene rings is 3. The van der Waals surface area contributed by atoms with Gasteiger partial charge in [0.2, 0.25) is 21.8 Å². The summed E-state index contributed by atoms with van der Waals surface area (Å²) in [7, 11) is -3.85. The van der Waals surface area contributed by atoms with Gasteiger partial charge in [-0.05, 0) is 77.4 Å². The first-order valence-electron chi connectivity index (χ1n) is 13.8. The number of rotatable bonds is 11. The summed E-state index contributed by atoms with van der Waals surface area (Å²) in [5.74, 6) is -0.836. The van der Waals surface area contributed by atoms with E-state index in [1.54, 1.807) is 42.5 Å². The van der Waals surface area contributed by atoms with Crippen LogP contribution in [0.3, 0.4) is 0 Å². The van der Waals surface area contributed by atoms with Crippen LogP contribution in [0, 0.1) is 3.57 Å². The van der Waals surface area contributed by atoms with Gasteiger partial charge in [0.15, 0.2) is 0 Å². The third kappa shape index (κ3) is 8.84. The fraction of sp³-hybridized carbons (Fsp3) is 0.355. The molecule has 3 aromatic rings. The fourth-order valence-electron chi connectivity index (χ4n) is 5.17. The Hall–Kier alpha value is -2.34. The molecule has 0 heterocycles. The molecule has 224 valence electrons. The van der Waals surface area contributed by atoms with E-state index in [0.717, 1.165) is 51.8 Å². The summed E-state index contributed by atoms with van der Waals surface area (Å²) in [5.41, 5.74) is 1.70. The van der Waals surface area contributed by atoms with E-state index >= 15 is 0 Å². The number of hydrogen-bond acceptors (Lipinski definition) is 4. The van der Waals surface area contributed by atoms with Crippen molar-refractivity contribution >= 4 is 73.3 Å². The summed E-state index contributed by atoms with van der Waals surface area (Å²) < 4.78 is 27.8. The highest BCUT2D eigenvalue weighted by atomic mass is 127. The highest BCUT2D eigenvalue weighted by Crippen LogP contribution is 2.28. The maximum atomic E-state index is 14.2. The van der Waals surface area contributed by atoms with Gasteiger partial charge in [-0.2, -0.15) is 0 Å². The van der Waals surface area contributed by atoms with E-state index in [1.165, 1.54) is 4.90 Å². The number of nitrogens with one attached hydrogen (secondary N) is 1. The first-order valence-corrected chi connectivity index (χ1v) is 17.5. The molecule has 0 bridgehead atoms. The Morgan fingerprint density at radius 2 is 1.55 bits per heavy atom. The normalized spacial score (nSPS) is 14.7. The number of hydrogen-bond donors (Lipinski definition) is 1. The van der Waals surface area contributed by atoms with Crippen molar-refractivity contribution in [1.29, 1.82) is 0 Å². The number of nitrogens with zero attached hydrogens (tertiary/aromatic N) is 2. The second-order valence-corrected chi connectivity index (χ2v) is 14.5. The number of anilines is 1. The molecule has 1 atom stereocenters. The Labute approximate surface area is 271 Å². The summed E-state index contributed by atoms with van der Waals surface area (Å²) in [6, 6.07) is 20.4. The predicted octanol–water partition coefficient (Wildman–Crippen LogP) is 6.45. The van der Waals surface area contributed by atoms with Crippen LogP contribution in [-0.4, -0.2) is 50.0 Å². The average Bonchev–Trinajstić information content (AvgIpc) is 2.96. The van der Waals surface area contributed by atoms with E-state index in [1.807, 2.05) is 30.3 Å². The van der Waals surface area contributed by atoms with E-state index in [0.29, 0.717) is 21.3 Å². The molecule has 1 aliphatic carbocycles. The van der Waals surface area contributed by atoms with Crippen LogP contribution in [0.15, 0.2) is 72.8 Å². The van der Waals surface area contributed by atoms with E-state index in [4.69, 9.17) is 23.2 Å². The van der Waals surface area contributed by atoms with Crippen molar-refractivity contribution < 1.29 is 18.0 Å². The predicted molar refractivity (Wildman–Crippen MR) is 177 cm³/mol. The Morgan fingerprint density at radius 3 is 2.14 bits per heavy atom. The highest BCUT2D eigenvalue weighted by molar-refractivity contribution is 14.1. The summed E-state index contributed by atoms with van der Waals surface area (Å²) in [6.45, 7) is -0.569. The van der Waals surface area contributed by atoms with Gasteiger partial charge in [0.25, 0.3) is 0 Å². The minimum absolute atomic E-state index is 0.0182. The van der Waals surface area contributed by atoms with Crippen molar-refractivity contribution in [3.63, 3.8) is 0 Å². The van der Waals surface area contributed by atoms with Crippen LogP contribution >= 0.6 is 45.8 Å². The molecule has 0 spiro atoms. The first-order chi connectivity index (χ1) is 20.0. The molecule has 0 aliphatic heterocycles. The van der Waals surface area contributed by atoms with E-state index < -0.39 is 28.5 Å². The molecule has 42 heavy (non-hydrogen) atoms. The molecule has 1 saturated carbocycles. The molecular formula is C31H34Cl2IN3O4S. The number of carbonyl (C=O) groups excluding carboxylic acids is 2. The summed E-state index contributed by atoms with van der Waals surface area (Å²) >= 11 is 15.2. The van der Waals surface area contributed by atoms with Crippen LogP contribution < -0.4 is 9.62 Å². The van der Waals surface area contributed by atoms with Crippen LogP contribution in [-0.2, 0) is 32.6 Å². The molecule has 1 aliphatic rings. The number of amides is 2. The third-order valence-corrected chi connectivity index (χ3v) is 9.97. The van der Waals surface area contributed by atoms with Gasteiger partial charge in [-0.3, -0.25) is 13.9 Å². The van der Waals surface area contributed by atoms with Crippen LogP contribution in [0.2, 0.25) is 10.0 Å². The Morgan fingerprint density at radius 1 is 0.929 bits per heavy atom. The zero-order chi connectivity index (χ0) is 30.3. The van der Waals surface area contributed by atoms with Crippen molar-refractivity contribution in [2.45, 2.75) is 57.2 Å². The summed E-state index contributed by atoms with van der Waals surface area (Å²) in [5, 5.41) is 3.88. The minimum atomic E-state index is -3.85. The third-order valence-electron chi connectivity index (χ3n) is 7.41. The number of sulfonamides is 1. The standard InChI is InChI=1S/C31H34Cl2IN3O4S/c1-42(40,41)37(25-17-15-23(34)16-18-25)21-30(38)36(20-26-27(32)13-8-14-28(26)33)29(19-22-9-4-2-5-10-22)31(39)35-24-11-6-3-7-12-24/h2,4-5,8-10,13-18,24,29H,3,6-7,11-12,19-21H2,1H3,(H,35,39)/t29-/m0/s1. The van der Waals surface area contributed by atoms with E-state index in [2.05, 4.69) is 27.9 Å². The lowest BCUT2D eigenvalue weighted by Gasteiger charge is -2.35. The topological polar surface area (TPSA) is 86.8 Å². The van der Waals surface area contributed by atoms with Crippen molar-refractivity contribution in [1.82, 2.24) is 10.2 Å². The molecule has 11 heteroatoms. The summed E-state index contributed by atoms with van der Waals surface area (Å²) in [6.07, 6.45) is 6.25. The molecule has 4 rings (SSSR count). The van der Waals surface area contributed by atoms with Crippen LogP contribution in [0.4, 0.5) is 5.69 Å². The molecular weight excluding hydrogens is 708 g/mol. The molecule has 0 unspecified atom stereocenters. The molecule has 0 radical (unpaired) electrons. The molecule has 0 saturated heterocycles. The maximum absolute atomic E-state index is 14.2. The van der Waals surface area contributed by atoms with Crippen molar-refractivity contribution in [3.8, 4) is 0 Å².